The summed E-state index contributed by atoms with van der Waals surface area (Å²) in [5.74, 6) is 0. The van der Waals surface area contributed by atoms with Crippen molar-refractivity contribution in [3.8, 4) is 0 Å². The molecule has 1 aliphatic rings. The van der Waals surface area contributed by atoms with Crippen LogP contribution in [-0.2, 0) is 0 Å². The van der Waals surface area contributed by atoms with E-state index < -0.39 is 0 Å². The lowest BCUT2D eigenvalue weighted by atomic mass is 9.96. The zero-order valence-electron chi connectivity index (χ0n) is 7.69. The lowest BCUT2D eigenvalue weighted by Crippen LogP contribution is -2.49. The van der Waals surface area contributed by atoms with E-state index in [1.807, 2.05) is 0 Å². The highest BCUT2D eigenvalue weighted by molar-refractivity contribution is 4.92. The quantitative estimate of drug-likeness (QED) is 0.629. The van der Waals surface area contributed by atoms with Crippen molar-refractivity contribution < 1.29 is 0 Å². The zero-order chi connectivity index (χ0) is 8.32. The number of nitrogens with two attached hydrogens (primary N) is 1. The first-order valence-electron chi connectivity index (χ1n) is 4.68. The highest BCUT2D eigenvalue weighted by atomic mass is 15.0. The molecule has 66 valence electrons. The number of hydrogen-bond donors (Lipinski definition) is 2. The molecule has 0 heterocycles. The standard InChI is InChI=1S/C9H20N2/c1-3-6-9(2,7-10)11-8-4-5-8/h8,11H,3-7,10H2,1-2H3. The third kappa shape index (κ3) is 2.80. The monoisotopic (exact) mass is 156 g/mol. The summed E-state index contributed by atoms with van der Waals surface area (Å²) in [4.78, 5) is 0. The molecule has 0 saturated heterocycles. The maximum absolute atomic E-state index is 5.71. The minimum atomic E-state index is 0.204. The number of nitrogens with one attached hydrogen (secondary N) is 1. The fourth-order valence-corrected chi connectivity index (χ4v) is 1.51. The zero-order valence-corrected chi connectivity index (χ0v) is 7.69. The molecule has 2 nitrogen and oxygen atoms in total. The molecule has 1 atom stereocenters. The van der Waals surface area contributed by atoms with Gasteiger partial charge in [-0.05, 0) is 26.2 Å². The summed E-state index contributed by atoms with van der Waals surface area (Å²) >= 11 is 0. The fraction of sp³-hybridized carbons (Fsp3) is 1.00. The van der Waals surface area contributed by atoms with Crippen LogP contribution >= 0.6 is 0 Å². The summed E-state index contributed by atoms with van der Waals surface area (Å²) in [5.41, 5.74) is 5.91. The van der Waals surface area contributed by atoms with E-state index in [9.17, 15) is 0 Å². The predicted molar refractivity (Wildman–Crippen MR) is 48.5 cm³/mol. The van der Waals surface area contributed by atoms with Crippen LogP contribution in [-0.4, -0.2) is 18.1 Å². The van der Waals surface area contributed by atoms with Gasteiger partial charge in [-0.15, -0.1) is 0 Å². The van der Waals surface area contributed by atoms with Crippen molar-refractivity contribution in [2.75, 3.05) is 6.54 Å². The average molecular weight is 156 g/mol. The normalized spacial score (nSPS) is 23.2. The lowest BCUT2D eigenvalue weighted by Gasteiger charge is -2.29. The SMILES string of the molecule is CCCC(C)(CN)NC1CC1. The maximum atomic E-state index is 5.71. The molecule has 1 saturated carbocycles. The second kappa shape index (κ2) is 3.55. The molecule has 0 bridgehead atoms. The van der Waals surface area contributed by atoms with Crippen molar-refractivity contribution in [3.63, 3.8) is 0 Å². The van der Waals surface area contributed by atoms with Crippen LogP contribution in [0.3, 0.4) is 0 Å². The third-order valence-electron chi connectivity index (χ3n) is 2.38. The predicted octanol–water partition coefficient (Wildman–Crippen LogP) is 1.26. The molecule has 0 amide bonds. The summed E-state index contributed by atoms with van der Waals surface area (Å²) in [6.45, 7) is 5.20. The summed E-state index contributed by atoms with van der Waals surface area (Å²) < 4.78 is 0. The van der Waals surface area contributed by atoms with Crippen LogP contribution in [0.1, 0.15) is 39.5 Å². The molecule has 11 heavy (non-hydrogen) atoms. The highest BCUT2D eigenvalue weighted by Gasteiger charge is 2.30. The molecule has 0 aromatic carbocycles. The average Bonchev–Trinajstić information content (AvgIpc) is 2.73. The first-order chi connectivity index (χ1) is 5.20. The molecule has 0 aromatic rings. The van der Waals surface area contributed by atoms with Crippen LogP contribution in [0.2, 0.25) is 0 Å². The van der Waals surface area contributed by atoms with Crippen molar-refractivity contribution in [1.82, 2.24) is 5.32 Å². The Balaban J connectivity index is 2.29. The van der Waals surface area contributed by atoms with Gasteiger partial charge in [0.05, 0.1) is 0 Å². The van der Waals surface area contributed by atoms with Gasteiger partial charge in [-0.2, -0.15) is 0 Å². The summed E-state index contributed by atoms with van der Waals surface area (Å²) in [5, 5.41) is 3.59. The van der Waals surface area contributed by atoms with Crippen LogP contribution in [0, 0.1) is 0 Å². The van der Waals surface area contributed by atoms with Gasteiger partial charge < -0.3 is 11.1 Å². The maximum Gasteiger partial charge on any atom is 0.0278 e. The Kier molecular flexibility index (Phi) is 2.90. The van der Waals surface area contributed by atoms with Crippen LogP contribution < -0.4 is 11.1 Å². The first-order valence-corrected chi connectivity index (χ1v) is 4.68. The molecule has 2 heteroatoms. The topological polar surface area (TPSA) is 38.0 Å². The van der Waals surface area contributed by atoms with Gasteiger partial charge in [0.1, 0.15) is 0 Å². The molecular formula is C9H20N2. The van der Waals surface area contributed by atoms with E-state index in [1.165, 1.54) is 25.7 Å². The van der Waals surface area contributed by atoms with Gasteiger partial charge in [-0.25, -0.2) is 0 Å². The molecule has 1 aliphatic carbocycles. The lowest BCUT2D eigenvalue weighted by molar-refractivity contribution is 0.333. The van der Waals surface area contributed by atoms with E-state index in [-0.39, 0.29) is 5.54 Å². The van der Waals surface area contributed by atoms with Crippen molar-refractivity contribution in [3.05, 3.63) is 0 Å². The van der Waals surface area contributed by atoms with Gasteiger partial charge in [-0.1, -0.05) is 13.3 Å². The van der Waals surface area contributed by atoms with Crippen molar-refractivity contribution in [1.29, 1.82) is 0 Å². The van der Waals surface area contributed by atoms with Crippen LogP contribution in [0.15, 0.2) is 0 Å². The van der Waals surface area contributed by atoms with Crippen molar-refractivity contribution in [2.45, 2.75) is 51.1 Å². The molecular weight excluding hydrogens is 136 g/mol. The Labute approximate surface area is 69.5 Å². The van der Waals surface area contributed by atoms with Crippen molar-refractivity contribution in [2.24, 2.45) is 5.73 Å². The molecule has 0 spiro atoms. The minimum Gasteiger partial charge on any atom is -0.329 e. The van der Waals surface area contributed by atoms with E-state index >= 15 is 0 Å². The summed E-state index contributed by atoms with van der Waals surface area (Å²) in [6.07, 6.45) is 5.10. The molecule has 3 N–H and O–H groups in total. The Bertz CT molecular complexity index is 121. The van der Waals surface area contributed by atoms with Gasteiger partial charge in [0.25, 0.3) is 0 Å². The number of rotatable bonds is 5. The van der Waals surface area contributed by atoms with Gasteiger partial charge in [0.15, 0.2) is 0 Å². The Morgan fingerprint density at radius 3 is 2.55 bits per heavy atom. The van der Waals surface area contributed by atoms with E-state index in [2.05, 4.69) is 19.2 Å². The highest BCUT2D eigenvalue weighted by Crippen LogP contribution is 2.23. The summed E-state index contributed by atoms with van der Waals surface area (Å²) in [7, 11) is 0. The van der Waals surface area contributed by atoms with E-state index in [1.54, 1.807) is 0 Å². The second-order valence-electron chi connectivity index (χ2n) is 3.93. The molecule has 1 fully saturated rings. The van der Waals surface area contributed by atoms with Gasteiger partial charge in [0, 0.05) is 18.1 Å². The largest absolute Gasteiger partial charge is 0.329 e. The fourth-order valence-electron chi connectivity index (χ4n) is 1.51. The second-order valence-corrected chi connectivity index (χ2v) is 3.93. The van der Waals surface area contributed by atoms with E-state index in [0.29, 0.717) is 0 Å². The Morgan fingerprint density at radius 1 is 1.55 bits per heavy atom. The van der Waals surface area contributed by atoms with E-state index in [4.69, 9.17) is 5.73 Å². The Hall–Kier alpha value is -0.0800. The molecule has 1 rings (SSSR count). The molecule has 0 radical (unpaired) electrons. The Morgan fingerprint density at radius 2 is 2.18 bits per heavy atom. The number of hydrogen-bond acceptors (Lipinski definition) is 2. The van der Waals surface area contributed by atoms with Gasteiger partial charge in [-0.3, -0.25) is 0 Å². The van der Waals surface area contributed by atoms with Gasteiger partial charge >= 0.3 is 0 Å². The van der Waals surface area contributed by atoms with Crippen LogP contribution in [0.5, 0.6) is 0 Å². The third-order valence-corrected chi connectivity index (χ3v) is 2.38. The summed E-state index contributed by atoms with van der Waals surface area (Å²) in [6, 6.07) is 0.773. The van der Waals surface area contributed by atoms with E-state index in [0.717, 1.165) is 12.6 Å². The molecule has 1 unspecified atom stereocenters. The smallest absolute Gasteiger partial charge is 0.0278 e. The minimum absolute atomic E-state index is 0.204. The van der Waals surface area contributed by atoms with Crippen molar-refractivity contribution >= 4 is 0 Å². The van der Waals surface area contributed by atoms with Crippen LogP contribution in [0.4, 0.5) is 0 Å². The van der Waals surface area contributed by atoms with Gasteiger partial charge in [0.2, 0.25) is 0 Å². The van der Waals surface area contributed by atoms with Crippen LogP contribution in [0.25, 0.3) is 0 Å². The molecule has 0 aliphatic heterocycles. The molecule has 0 aromatic heterocycles. The first kappa shape index (κ1) is 9.01.